The lowest BCUT2D eigenvalue weighted by atomic mass is 9.86. The van der Waals surface area contributed by atoms with Crippen molar-refractivity contribution in [3.63, 3.8) is 0 Å². The van der Waals surface area contributed by atoms with Crippen molar-refractivity contribution < 1.29 is 4.74 Å². The summed E-state index contributed by atoms with van der Waals surface area (Å²) in [6, 6.07) is 10.6. The molecule has 2 heterocycles. The highest BCUT2D eigenvalue weighted by molar-refractivity contribution is 7.17. The van der Waals surface area contributed by atoms with Crippen LogP contribution in [0, 0.1) is 11.3 Å². The molecule has 0 bridgehead atoms. The summed E-state index contributed by atoms with van der Waals surface area (Å²) in [4.78, 5) is 18.9. The van der Waals surface area contributed by atoms with Gasteiger partial charge in [-0.25, -0.2) is 4.98 Å². The molecule has 0 saturated heterocycles. The maximum Gasteiger partial charge on any atom is 0.262 e. The molecule has 0 spiro atoms. The molecule has 0 unspecified atom stereocenters. The van der Waals surface area contributed by atoms with Gasteiger partial charge in [0.1, 0.15) is 10.7 Å². The van der Waals surface area contributed by atoms with Crippen LogP contribution in [0.2, 0.25) is 0 Å². The summed E-state index contributed by atoms with van der Waals surface area (Å²) in [5.74, 6) is 0.721. The van der Waals surface area contributed by atoms with Crippen LogP contribution in [0.4, 0.5) is 0 Å². The number of aromatic nitrogens is 2. The molecule has 0 atom stereocenters. The van der Waals surface area contributed by atoms with Crippen LogP contribution in [0.1, 0.15) is 45.0 Å². The van der Waals surface area contributed by atoms with Crippen LogP contribution in [0.15, 0.2) is 34.4 Å². The van der Waals surface area contributed by atoms with E-state index in [1.165, 1.54) is 16.9 Å². The van der Waals surface area contributed by atoms with Crippen molar-refractivity contribution in [2.75, 3.05) is 13.7 Å². The van der Waals surface area contributed by atoms with Crippen LogP contribution in [0.5, 0.6) is 0 Å². The van der Waals surface area contributed by atoms with E-state index >= 15 is 0 Å². The molecular weight excluding hydrogens is 382 g/mol. The summed E-state index contributed by atoms with van der Waals surface area (Å²) >= 11 is 1.50. The predicted molar refractivity (Wildman–Crippen MR) is 118 cm³/mol. The second-order valence-corrected chi connectivity index (χ2v) is 9.00. The van der Waals surface area contributed by atoms with Crippen molar-refractivity contribution in [2.24, 2.45) is 0 Å². The van der Waals surface area contributed by atoms with E-state index in [1.54, 1.807) is 11.7 Å². The maximum atomic E-state index is 13.4. The fourth-order valence-electron chi connectivity index (χ4n) is 3.36. The molecule has 1 aromatic carbocycles. The first-order chi connectivity index (χ1) is 13.9. The number of nitrogens with zero attached hydrogens (tertiary/aromatic N) is 3. The van der Waals surface area contributed by atoms with E-state index in [0.717, 1.165) is 21.8 Å². The third kappa shape index (κ3) is 4.58. The van der Waals surface area contributed by atoms with Crippen LogP contribution < -0.4 is 5.56 Å². The first kappa shape index (κ1) is 21.2. The molecule has 0 saturated carbocycles. The van der Waals surface area contributed by atoms with Crippen LogP contribution in [0.3, 0.4) is 0 Å². The van der Waals surface area contributed by atoms with Crippen LogP contribution in [-0.2, 0) is 23.1 Å². The molecule has 0 N–H and O–H groups in total. The largest absolute Gasteiger partial charge is 0.384 e. The van der Waals surface area contributed by atoms with Gasteiger partial charge in [-0.3, -0.25) is 9.36 Å². The minimum atomic E-state index is -0.0322. The number of methoxy groups -OCH3 is 1. The third-order valence-corrected chi connectivity index (χ3v) is 5.91. The number of hydrogen-bond donors (Lipinski definition) is 0. The normalized spacial score (nSPS) is 11.7. The fourth-order valence-corrected chi connectivity index (χ4v) is 4.32. The first-order valence-electron chi connectivity index (χ1n) is 9.84. The van der Waals surface area contributed by atoms with Gasteiger partial charge in [0, 0.05) is 37.4 Å². The van der Waals surface area contributed by atoms with E-state index in [4.69, 9.17) is 15.0 Å². The molecular formula is C23H27N3O2S. The molecule has 0 amide bonds. The molecule has 0 aliphatic carbocycles. The Balaban J connectivity index is 2.09. The van der Waals surface area contributed by atoms with Crippen molar-refractivity contribution in [1.82, 2.24) is 9.55 Å². The summed E-state index contributed by atoms with van der Waals surface area (Å²) in [5.41, 5.74) is 3.26. The first-order valence-corrected chi connectivity index (χ1v) is 10.7. The van der Waals surface area contributed by atoms with Crippen molar-refractivity contribution in [3.8, 4) is 17.2 Å². The van der Waals surface area contributed by atoms with E-state index in [9.17, 15) is 4.79 Å². The SMILES string of the molecule is COCCc1nc2scc(-c3ccc(C(C)(C)C)cc3)c2c(=O)n1CCCC#N. The van der Waals surface area contributed by atoms with Crippen LogP contribution >= 0.6 is 11.3 Å². The zero-order chi connectivity index (χ0) is 21.0. The Morgan fingerprint density at radius 1 is 1.24 bits per heavy atom. The highest BCUT2D eigenvalue weighted by Crippen LogP contribution is 2.32. The summed E-state index contributed by atoms with van der Waals surface area (Å²) < 4.78 is 6.91. The van der Waals surface area contributed by atoms with Gasteiger partial charge in [-0.1, -0.05) is 45.0 Å². The van der Waals surface area contributed by atoms with Crippen LogP contribution in [0.25, 0.3) is 21.3 Å². The van der Waals surface area contributed by atoms with Gasteiger partial charge in [-0.2, -0.15) is 5.26 Å². The molecule has 0 radical (unpaired) electrons. The van der Waals surface area contributed by atoms with Gasteiger partial charge in [-0.15, -0.1) is 11.3 Å². The molecule has 0 aliphatic heterocycles. The summed E-state index contributed by atoms with van der Waals surface area (Å²) in [6.45, 7) is 7.56. The number of unbranched alkanes of at least 4 members (excludes halogenated alkanes) is 1. The Kier molecular flexibility index (Phi) is 6.51. The minimum absolute atomic E-state index is 0.0322. The zero-order valence-corrected chi connectivity index (χ0v) is 18.3. The molecule has 3 rings (SSSR count). The van der Waals surface area contributed by atoms with Gasteiger partial charge in [0.25, 0.3) is 5.56 Å². The number of benzene rings is 1. The third-order valence-electron chi connectivity index (χ3n) is 5.03. The lowest BCUT2D eigenvalue weighted by Crippen LogP contribution is -2.26. The fraction of sp³-hybridized carbons (Fsp3) is 0.435. The maximum absolute atomic E-state index is 13.4. The Morgan fingerprint density at radius 3 is 2.59 bits per heavy atom. The van der Waals surface area contributed by atoms with E-state index in [2.05, 4.69) is 51.1 Å². The Morgan fingerprint density at radius 2 is 1.97 bits per heavy atom. The van der Waals surface area contributed by atoms with Crippen molar-refractivity contribution in [3.05, 3.63) is 51.4 Å². The molecule has 29 heavy (non-hydrogen) atoms. The van der Waals surface area contributed by atoms with E-state index in [-0.39, 0.29) is 11.0 Å². The Bertz CT molecular complexity index is 1080. The number of nitriles is 1. The summed E-state index contributed by atoms with van der Waals surface area (Å²) in [6.07, 6.45) is 1.62. The average Bonchev–Trinajstić information content (AvgIpc) is 3.12. The lowest BCUT2D eigenvalue weighted by Gasteiger charge is -2.19. The second kappa shape index (κ2) is 8.89. The smallest absolute Gasteiger partial charge is 0.262 e. The predicted octanol–water partition coefficient (Wildman–Crippen LogP) is 4.92. The van der Waals surface area contributed by atoms with Crippen molar-refractivity contribution in [1.29, 1.82) is 5.26 Å². The molecule has 5 nitrogen and oxygen atoms in total. The van der Waals surface area contributed by atoms with Crippen molar-refractivity contribution in [2.45, 2.75) is 52.0 Å². The molecule has 152 valence electrons. The van der Waals surface area contributed by atoms with Gasteiger partial charge in [0.15, 0.2) is 0 Å². The zero-order valence-electron chi connectivity index (χ0n) is 17.5. The van der Waals surface area contributed by atoms with Gasteiger partial charge in [0.05, 0.1) is 18.1 Å². The minimum Gasteiger partial charge on any atom is -0.384 e. The molecule has 6 heteroatoms. The summed E-state index contributed by atoms with van der Waals surface area (Å²) in [5, 5.41) is 11.5. The number of fused-ring (bicyclic) bond motifs is 1. The number of hydrogen-bond acceptors (Lipinski definition) is 5. The molecule has 2 aromatic heterocycles. The number of thiophene rings is 1. The standard InChI is InChI=1S/C23H27N3O2S/c1-23(2,3)17-9-7-16(8-10-17)18-15-29-21-20(18)22(27)26(13-6-5-12-24)19(25-21)11-14-28-4/h7-10,15H,5-6,11,13-14H2,1-4H3. The average molecular weight is 410 g/mol. The van der Waals surface area contributed by atoms with Gasteiger partial charge in [0.2, 0.25) is 0 Å². The highest BCUT2D eigenvalue weighted by atomic mass is 32.1. The van der Waals surface area contributed by atoms with Crippen LogP contribution in [-0.4, -0.2) is 23.3 Å². The number of ether oxygens (including phenoxy) is 1. The topological polar surface area (TPSA) is 67.9 Å². The molecule has 3 aromatic rings. The van der Waals surface area contributed by atoms with Gasteiger partial charge >= 0.3 is 0 Å². The Labute approximate surface area is 175 Å². The monoisotopic (exact) mass is 409 g/mol. The molecule has 0 fully saturated rings. The van der Waals surface area contributed by atoms with Crippen molar-refractivity contribution >= 4 is 21.6 Å². The molecule has 0 aliphatic rings. The van der Waals surface area contributed by atoms with E-state index < -0.39 is 0 Å². The number of rotatable bonds is 7. The Hall–Kier alpha value is -2.49. The van der Waals surface area contributed by atoms with Gasteiger partial charge in [-0.05, 0) is 23.0 Å². The van der Waals surface area contributed by atoms with Gasteiger partial charge < -0.3 is 4.74 Å². The quantitative estimate of drug-likeness (QED) is 0.520. The van der Waals surface area contributed by atoms with E-state index in [0.29, 0.717) is 37.8 Å². The summed E-state index contributed by atoms with van der Waals surface area (Å²) in [7, 11) is 1.64. The second-order valence-electron chi connectivity index (χ2n) is 8.15. The van der Waals surface area contributed by atoms with E-state index in [1.807, 2.05) is 5.38 Å². The highest BCUT2D eigenvalue weighted by Gasteiger charge is 2.18. The lowest BCUT2D eigenvalue weighted by molar-refractivity contribution is 0.199.